The maximum Gasteiger partial charge on any atom is 0.232 e. The molecule has 0 unspecified atom stereocenters. The van der Waals surface area contributed by atoms with E-state index >= 15 is 0 Å². The third kappa shape index (κ3) is 4.48. The Hall–Kier alpha value is -1.63. The molecule has 0 amide bonds. The van der Waals surface area contributed by atoms with E-state index < -0.39 is 0 Å². The van der Waals surface area contributed by atoms with Crippen molar-refractivity contribution in [3.05, 3.63) is 0 Å². The van der Waals surface area contributed by atoms with Gasteiger partial charge >= 0.3 is 0 Å². The van der Waals surface area contributed by atoms with Gasteiger partial charge in [0.25, 0.3) is 0 Å². The highest BCUT2D eigenvalue weighted by Crippen LogP contribution is 2.15. The van der Waals surface area contributed by atoms with Crippen LogP contribution in [0.1, 0.15) is 33.6 Å². The number of aliphatic hydroxyl groups excluding tert-OH is 1. The van der Waals surface area contributed by atoms with Crippen LogP contribution in [0.2, 0.25) is 0 Å². The van der Waals surface area contributed by atoms with Crippen molar-refractivity contribution in [1.29, 1.82) is 0 Å². The first-order valence-corrected chi connectivity index (χ1v) is 7.28. The number of aromatic nitrogens is 3. The maximum atomic E-state index is 9.18. The molecule has 7 heteroatoms. The molecule has 20 heavy (non-hydrogen) atoms. The Morgan fingerprint density at radius 3 is 2.05 bits per heavy atom. The fourth-order valence-electron chi connectivity index (χ4n) is 1.94. The van der Waals surface area contributed by atoms with E-state index in [9.17, 15) is 5.11 Å². The minimum absolute atomic E-state index is 0.0654. The van der Waals surface area contributed by atoms with Crippen molar-refractivity contribution >= 4 is 17.8 Å². The molecule has 0 fully saturated rings. The van der Waals surface area contributed by atoms with Crippen LogP contribution >= 0.6 is 0 Å². The van der Waals surface area contributed by atoms with E-state index in [4.69, 9.17) is 5.73 Å². The minimum atomic E-state index is 0.0654. The normalized spacial score (nSPS) is 10.6. The molecule has 3 N–H and O–H groups in total. The van der Waals surface area contributed by atoms with E-state index in [-0.39, 0.29) is 12.6 Å². The van der Waals surface area contributed by atoms with Crippen molar-refractivity contribution < 1.29 is 5.11 Å². The third-order valence-electron chi connectivity index (χ3n) is 3.11. The van der Waals surface area contributed by atoms with Crippen LogP contribution in [0.3, 0.4) is 0 Å². The highest BCUT2D eigenvalue weighted by molar-refractivity contribution is 5.43. The van der Waals surface area contributed by atoms with Crippen LogP contribution < -0.4 is 15.5 Å². The summed E-state index contributed by atoms with van der Waals surface area (Å²) in [5, 5.41) is 9.18. The van der Waals surface area contributed by atoms with Gasteiger partial charge in [-0.2, -0.15) is 15.0 Å². The number of hydrogen-bond acceptors (Lipinski definition) is 7. The van der Waals surface area contributed by atoms with Crippen LogP contribution in [0.4, 0.5) is 17.8 Å². The molecule has 114 valence electrons. The highest BCUT2D eigenvalue weighted by atomic mass is 16.3. The Kier molecular flexibility index (Phi) is 7.00. The van der Waals surface area contributed by atoms with Gasteiger partial charge in [-0.3, -0.25) is 0 Å². The zero-order valence-electron chi connectivity index (χ0n) is 12.7. The lowest BCUT2D eigenvalue weighted by atomic mass is 10.3. The van der Waals surface area contributed by atoms with E-state index in [0.717, 1.165) is 32.5 Å². The molecule has 0 saturated heterocycles. The summed E-state index contributed by atoms with van der Waals surface area (Å²) < 4.78 is 0. The molecule has 0 radical (unpaired) electrons. The van der Waals surface area contributed by atoms with Gasteiger partial charge in [0.1, 0.15) is 0 Å². The highest BCUT2D eigenvalue weighted by Gasteiger charge is 2.14. The number of unbranched alkanes of at least 4 members (excludes halogenated alkanes) is 1. The lowest BCUT2D eigenvalue weighted by Crippen LogP contribution is -2.31. The summed E-state index contributed by atoms with van der Waals surface area (Å²) in [4.78, 5) is 16.9. The number of nitrogen functional groups attached to an aromatic ring is 1. The van der Waals surface area contributed by atoms with Gasteiger partial charge in [-0.1, -0.05) is 13.3 Å². The van der Waals surface area contributed by atoms with E-state index in [1.54, 1.807) is 0 Å². The van der Waals surface area contributed by atoms with E-state index in [0.29, 0.717) is 18.4 Å². The van der Waals surface area contributed by atoms with Gasteiger partial charge in [0.05, 0.1) is 6.61 Å². The van der Waals surface area contributed by atoms with Gasteiger partial charge in [-0.05, 0) is 20.3 Å². The van der Waals surface area contributed by atoms with Gasteiger partial charge in [0.2, 0.25) is 17.8 Å². The minimum Gasteiger partial charge on any atom is -0.395 e. The smallest absolute Gasteiger partial charge is 0.232 e. The maximum absolute atomic E-state index is 9.18. The number of nitrogens with zero attached hydrogens (tertiary/aromatic N) is 5. The first kappa shape index (κ1) is 16.4. The van der Waals surface area contributed by atoms with Crippen molar-refractivity contribution in [3.8, 4) is 0 Å². The Labute approximate surface area is 120 Å². The van der Waals surface area contributed by atoms with Crippen LogP contribution in [-0.4, -0.2) is 52.8 Å². The summed E-state index contributed by atoms with van der Waals surface area (Å²) in [7, 11) is 0. The van der Waals surface area contributed by atoms with Crippen molar-refractivity contribution in [1.82, 2.24) is 15.0 Å². The average Bonchev–Trinajstić information content (AvgIpc) is 2.44. The molecule has 0 aromatic carbocycles. The Bertz CT molecular complexity index is 396. The first-order chi connectivity index (χ1) is 9.65. The quantitative estimate of drug-likeness (QED) is 0.695. The lowest BCUT2D eigenvalue weighted by molar-refractivity contribution is 0.301. The summed E-state index contributed by atoms with van der Waals surface area (Å²) in [6.07, 6.45) is 2.09. The molecule has 7 nitrogen and oxygen atoms in total. The molecule has 1 aromatic heterocycles. The summed E-state index contributed by atoms with van der Waals surface area (Å²) in [6, 6.07) is 0. The van der Waals surface area contributed by atoms with Crippen LogP contribution in [0.5, 0.6) is 0 Å². The molecule has 0 aliphatic rings. The Morgan fingerprint density at radius 1 is 0.950 bits per heavy atom. The second-order valence-electron chi connectivity index (χ2n) is 4.53. The third-order valence-corrected chi connectivity index (χ3v) is 3.11. The fourth-order valence-corrected chi connectivity index (χ4v) is 1.94. The van der Waals surface area contributed by atoms with E-state index in [2.05, 4.69) is 21.9 Å². The zero-order valence-corrected chi connectivity index (χ0v) is 12.7. The first-order valence-electron chi connectivity index (χ1n) is 7.28. The number of nitrogens with two attached hydrogens (primary N) is 1. The van der Waals surface area contributed by atoms with Crippen molar-refractivity contribution in [3.63, 3.8) is 0 Å². The fraction of sp³-hybridized carbons (Fsp3) is 0.769. The topological polar surface area (TPSA) is 91.4 Å². The van der Waals surface area contributed by atoms with E-state index in [1.165, 1.54) is 0 Å². The standard InChI is InChI=1S/C13H26N6O/c1-4-7-8-19(9-10-20)13-16-11(14)15-12(17-13)18(5-2)6-3/h20H,4-10H2,1-3H3,(H2,14,15,16,17). The second-order valence-corrected chi connectivity index (χ2v) is 4.53. The second kappa shape index (κ2) is 8.52. The average molecular weight is 282 g/mol. The predicted octanol–water partition coefficient (Wildman–Crippen LogP) is 0.899. The van der Waals surface area contributed by atoms with Gasteiger partial charge in [0.15, 0.2) is 0 Å². The number of anilines is 3. The number of aliphatic hydroxyl groups is 1. The van der Waals surface area contributed by atoms with Crippen LogP contribution in [0.15, 0.2) is 0 Å². The molecule has 0 saturated carbocycles. The lowest BCUT2D eigenvalue weighted by Gasteiger charge is -2.24. The zero-order chi connectivity index (χ0) is 15.0. The molecule has 0 bridgehead atoms. The summed E-state index contributed by atoms with van der Waals surface area (Å²) in [6.45, 7) is 9.22. The predicted molar refractivity (Wildman–Crippen MR) is 82.0 cm³/mol. The summed E-state index contributed by atoms with van der Waals surface area (Å²) in [5.74, 6) is 1.36. The molecular formula is C13H26N6O. The Balaban J connectivity index is 3.01. The number of hydrogen-bond donors (Lipinski definition) is 2. The molecule has 0 spiro atoms. The molecule has 1 rings (SSSR count). The van der Waals surface area contributed by atoms with Gasteiger partial charge < -0.3 is 20.6 Å². The van der Waals surface area contributed by atoms with Crippen molar-refractivity contribution in [2.75, 3.05) is 48.3 Å². The monoisotopic (exact) mass is 282 g/mol. The molecular weight excluding hydrogens is 256 g/mol. The van der Waals surface area contributed by atoms with Gasteiger partial charge in [-0.15, -0.1) is 0 Å². The summed E-state index contributed by atoms with van der Waals surface area (Å²) >= 11 is 0. The van der Waals surface area contributed by atoms with Gasteiger partial charge in [-0.25, -0.2) is 0 Å². The summed E-state index contributed by atoms with van der Waals surface area (Å²) in [5.41, 5.74) is 5.79. The van der Waals surface area contributed by atoms with Gasteiger partial charge in [0, 0.05) is 26.2 Å². The van der Waals surface area contributed by atoms with E-state index in [1.807, 2.05) is 23.6 Å². The molecule has 1 heterocycles. The van der Waals surface area contributed by atoms with Crippen LogP contribution in [-0.2, 0) is 0 Å². The largest absolute Gasteiger partial charge is 0.395 e. The SMILES string of the molecule is CCCCN(CCO)c1nc(N)nc(N(CC)CC)n1. The Morgan fingerprint density at radius 2 is 1.55 bits per heavy atom. The molecule has 0 atom stereocenters. The van der Waals surface area contributed by atoms with Crippen molar-refractivity contribution in [2.24, 2.45) is 0 Å². The molecule has 0 aliphatic carbocycles. The molecule has 0 aliphatic heterocycles. The number of rotatable bonds is 9. The van der Waals surface area contributed by atoms with Crippen LogP contribution in [0.25, 0.3) is 0 Å². The van der Waals surface area contributed by atoms with Crippen molar-refractivity contribution in [2.45, 2.75) is 33.6 Å². The molecule has 1 aromatic rings. The van der Waals surface area contributed by atoms with Crippen LogP contribution in [0, 0.1) is 0 Å².